The lowest BCUT2D eigenvalue weighted by Crippen LogP contribution is -2.20. The highest BCUT2D eigenvalue weighted by Crippen LogP contribution is 2.28. The van der Waals surface area contributed by atoms with Crippen molar-refractivity contribution in [2.24, 2.45) is 0 Å². The summed E-state index contributed by atoms with van der Waals surface area (Å²) in [5.74, 6) is 1.23. The van der Waals surface area contributed by atoms with Crippen LogP contribution in [0.1, 0.15) is 18.0 Å². The average molecular weight is 282 g/mol. The molecule has 7 nitrogen and oxygen atoms in total. The molecule has 0 saturated carbocycles. The SMILES string of the molecule is O=c1cc(C2CCN(c3ccc4nccnc4n3)C2)[nH][nH]1. The molecule has 0 bridgehead atoms. The van der Waals surface area contributed by atoms with E-state index < -0.39 is 0 Å². The summed E-state index contributed by atoms with van der Waals surface area (Å²) in [6, 6.07) is 5.54. The van der Waals surface area contributed by atoms with Gasteiger partial charge in [0.05, 0.1) is 0 Å². The van der Waals surface area contributed by atoms with Crippen LogP contribution in [0.2, 0.25) is 0 Å². The number of fused-ring (bicyclic) bond motifs is 1. The number of aromatic nitrogens is 5. The minimum absolute atomic E-state index is 0.0810. The van der Waals surface area contributed by atoms with E-state index in [1.807, 2.05) is 12.1 Å². The van der Waals surface area contributed by atoms with E-state index in [4.69, 9.17) is 0 Å². The second-order valence-electron chi connectivity index (χ2n) is 5.21. The predicted molar refractivity (Wildman–Crippen MR) is 78.3 cm³/mol. The number of rotatable bonds is 2. The van der Waals surface area contributed by atoms with Gasteiger partial charge >= 0.3 is 0 Å². The zero-order valence-corrected chi connectivity index (χ0v) is 11.3. The molecule has 4 heterocycles. The summed E-state index contributed by atoms with van der Waals surface area (Å²) in [6.07, 6.45) is 4.31. The Kier molecular flexibility index (Phi) is 2.70. The van der Waals surface area contributed by atoms with Crippen molar-refractivity contribution in [2.45, 2.75) is 12.3 Å². The Bertz CT molecular complexity index is 838. The van der Waals surface area contributed by atoms with Gasteiger partial charge in [-0.15, -0.1) is 0 Å². The minimum atomic E-state index is -0.0810. The van der Waals surface area contributed by atoms with Crippen molar-refractivity contribution in [1.82, 2.24) is 25.1 Å². The van der Waals surface area contributed by atoms with Gasteiger partial charge in [0, 0.05) is 43.2 Å². The van der Waals surface area contributed by atoms with E-state index in [0.717, 1.165) is 36.5 Å². The first-order chi connectivity index (χ1) is 10.3. The predicted octanol–water partition coefficient (Wildman–Crippen LogP) is 1.04. The Labute approximate surface area is 120 Å². The molecule has 0 aromatic carbocycles. The lowest BCUT2D eigenvalue weighted by Gasteiger charge is -2.17. The first kappa shape index (κ1) is 12.1. The van der Waals surface area contributed by atoms with Crippen molar-refractivity contribution >= 4 is 17.0 Å². The summed E-state index contributed by atoms with van der Waals surface area (Å²) < 4.78 is 0. The van der Waals surface area contributed by atoms with Crippen molar-refractivity contribution in [3.63, 3.8) is 0 Å². The fraction of sp³-hybridized carbons (Fsp3) is 0.286. The van der Waals surface area contributed by atoms with Gasteiger partial charge in [0.1, 0.15) is 11.3 Å². The zero-order chi connectivity index (χ0) is 14.2. The van der Waals surface area contributed by atoms with E-state index in [9.17, 15) is 4.79 Å². The molecule has 7 heteroatoms. The van der Waals surface area contributed by atoms with Crippen LogP contribution in [0, 0.1) is 0 Å². The molecule has 0 radical (unpaired) electrons. The number of hydrogen-bond donors (Lipinski definition) is 2. The molecule has 3 aromatic heterocycles. The van der Waals surface area contributed by atoms with Crippen LogP contribution in [0.5, 0.6) is 0 Å². The van der Waals surface area contributed by atoms with Crippen LogP contribution in [0.15, 0.2) is 35.4 Å². The summed E-state index contributed by atoms with van der Waals surface area (Å²) in [5.41, 5.74) is 2.34. The number of pyridine rings is 1. The lowest BCUT2D eigenvalue weighted by atomic mass is 10.1. The van der Waals surface area contributed by atoms with Gasteiger partial charge in [-0.05, 0) is 18.6 Å². The highest BCUT2D eigenvalue weighted by atomic mass is 16.1. The standard InChI is InChI=1S/C14H14N6O/c21-13-7-11(18-19-13)9-3-6-20(8-9)12-2-1-10-14(17-12)16-5-4-15-10/h1-2,4-5,7,9H,3,6,8H2,(H2,18,19,21). The van der Waals surface area contributed by atoms with Gasteiger partial charge in [-0.1, -0.05) is 0 Å². The first-order valence-corrected chi connectivity index (χ1v) is 6.90. The fourth-order valence-electron chi connectivity index (χ4n) is 2.81. The van der Waals surface area contributed by atoms with Crippen molar-refractivity contribution in [2.75, 3.05) is 18.0 Å². The summed E-state index contributed by atoms with van der Waals surface area (Å²) in [6.45, 7) is 1.75. The molecule has 1 aliphatic heterocycles. The van der Waals surface area contributed by atoms with Crippen LogP contribution in [0.3, 0.4) is 0 Å². The summed E-state index contributed by atoms with van der Waals surface area (Å²) in [4.78, 5) is 26.5. The van der Waals surface area contributed by atoms with E-state index in [2.05, 4.69) is 30.0 Å². The van der Waals surface area contributed by atoms with Gasteiger partial charge in [-0.2, -0.15) is 0 Å². The van der Waals surface area contributed by atoms with Crippen LogP contribution >= 0.6 is 0 Å². The Morgan fingerprint density at radius 2 is 2.10 bits per heavy atom. The Morgan fingerprint density at radius 3 is 2.95 bits per heavy atom. The van der Waals surface area contributed by atoms with Crippen molar-refractivity contribution in [3.05, 3.63) is 46.6 Å². The monoisotopic (exact) mass is 282 g/mol. The van der Waals surface area contributed by atoms with Crippen LogP contribution in [0.25, 0.3) is 11.2 Å². The minimum Gasteiger partial charge on any atom is -0.356 e. The Hall–Kier alpha value is -2.70. The molecule has 0 amide bonds. The number of nitrogens with zero attached hydrogens (tertiary/aromatic N) is 4. The molecule has 106 valence electrons. The zero-order valence-electron chi connectivity index (χ0n) is 11.3. The molecule has 1 fully saturated rings. The summed E-state index contributed by atoms with van der Waals surface area (Å²) >= 11 is 0. The molecule has 0 spiro atoms. The fourth-order valence-corrected chi connectivity index (χ4v) is 2.81. The topological polar surface area (TPSA) is 90.6 Å². The molecule has 1 aliphatic rings. The Balaban J connectivity index is 1.60. The highest BCUT2D eigenvalue weighted by molar-refractivity contribution is 5.71. The molecule has 3 aromatic rings. The van der Waals surface area contributed by atoms with Crippen LogP contribution in [-0.2, 0) is 0 Å². The van der Waals surface area contributed by atoms with Crippen LogP contribution in [-0.4, -0.2) is 38.2 Å². The molecule has 1 saturated heterocycles. The number of nitrogens with one attached hydrogen (secondary N) is 2. The third-order valence-electron chi connectivity index (χ3n) is 3.89. The Morgan fingerprint density at radius 1 is 1.19 bits per heavy atom. The second-order valence-corrected chi connectivity index (χ2v) is 5.21. The maximum absolute atomic E-state index is 11.2. The molecule has 4 rings (SSSR count). The van der Waals surface area contributed by atoms with Crippen molar-refractivity contribution < 1.29 is 0 Å². The van der Waals surface area contributed by atoms with Gasteiger partial charge in [-0.3, -0.25) is 14.9 Å². The van der Waals surface area contributed by atoms with Gasteiger partial charge in [0.15, 0.2) is 5.65 Å². The third kappa shape index (κ3) is 2.16. The van der Waals surface area contributed by atoms with Gasteiger partial charge in [0.2, 0.25) is 0 Å². The molecular weight excluding hydrogens is 268 g/mol. The smallest absolute Gasteiger partial charge is 0.264 e. The number of H-pyrrole nitrogens is 2. The normalized spacial score (nSPS) is 18.5. The maximum atomic E-state index is 11.2. The molecule has 0 aliphatic carbocycles. The van der Waals surface area contributed by atoms with Gasteiger partial charge in [0.25, 0.3) is 5.56 Å². The number of hydrogen-bond acceptors (Lipinski definition) is 5. The molecule has 1 atom stereocenters. The summed E-state index contributed by atoms with van der Waals surface area (Å²) in [5, 5.41) is 5.53. The molecule has 2 N–H and O–H groups in total. The molecular formula is C14H14N6O. The molecule has 1 unspecified atom stereocenters. The van der Waals surface area contributed by atoms with Crippen molar-refractivity contribution in [3.8, 4) is 0 Å². The van der Waals surface area contributed by atoms with Crippen LogP contribution in [0.4, 0.5) is 5.82 Å². The largest absolute Gasteiger partial charge is 0.356 e. The van der Waals surface area contributed by atoms with Gasteiger partial charge in [-0.25, -0.2) is 9.97 Å². The number of aromatic amines is 2. The van der Waals surface area contributed by atoms with Crippen molar-refractivity contribution in [1.29, 1.82) is 0 Å². The van der Waals surface area contributed by atoms with Gasteiger partial charge < -0.3 is 10.00 Å². The van der Waals surface area contributed by atoms with E-state index >= 15 is 0 Å². The quantitative estimate of drug-likeness (QED) is 0.732. The molecule has 21 heavy (non-hydrogen) atoms. The average Bonchev–Trinajstić information content (AvgIpc) is 3.15. The van der Waals surface area contributed by atoms with E-state index in [-0.39, 0.29) is 5.56 Å². The second kappa shape index (κ2) is 4.69. The lowest BCUT2D eigenvalue weighted by molar-refractivity contribution is 0.737. The summed E-state index contributed by atoms with van der Waals surface area (Å²) in [7, 11) is 0. The number of anilines is 1. The van der Waals surface area contributed by atoms with E-state index in [0.29, 0.717) is 11.6 Å². The van der Waals surface area contributed by atoms with E-state index in [1.165, 1.54) is 0 Å². The maximum Gasteiger partial charge on any atom is 0.264 e. The third-order valence-corrected chi connectivity index (χ3v) is 3.89. The van der Waals surface area contributed by atoms with Crippen LogP contribution < -0.4 is 10.5 Å². The van der Waals surface area contributed by atoms with E-state index in [1.54, 1.807) is 18.5 Å². The highest BCUT2D eigenvalue weighted by Gasteiger charge is 2.26. The first-order valence-electron chi connectivity index (χ1n) is 6.90.